The number of amides is 1. The second-order valence-corrected chi connectivity index (χ2v) is 7.24. The van der Waals surface area contributed by atoms with Gasteiger partial charge in [0.25, 0.3) is 5.56 Å². The number of nitrogens with zero attached hydrogens (tertiary/aromatic N) is 3. The highest BCUT2D eigenvalue weighted by Crippen LogP contribution is 2.19. The van der Waals surface area contributed by atoms with Gasteiger partial charge >= 0.3 is 0 Å². The Kier molecular flexibility index (Phi) is 5.14. The Bertz CT molecular complexity index is 1190. The van der Waals surface area contributed by atoms with Gasteiger partial charge in [0, 0.05) is 10.7 Å². The van der Waals surface area contributed by atoms with Gasteiger partial charge in [-0.1, -0.05) is 41.6 Å². The van der Waals surface area contributed by atoms with Crippen LogP contribution < -0.4 is 10.9 Å². The van der Waals surface area contributed by atoms with Crippen LogP contribution in [0.25, 0.3) is 16.7 Å². The van der Waals surface area contributed by atoms with Crippen LogP contribution in [-0.4, -0.2) is 31.4 Å². The maximum atomic E-state index is 12.4. The Morgan fingerprint density at radius 1 is 1.14 bits per heavy atom. The van der Waals surface area contributed by atoms with Crippen molar-refractivity contribution in [2.45, 2.75) is 5.16 Å². The summed E-state index contributed by atoms with van der Waals surface area (Å²) in [5.41, 5.74) is 1.55. The number of nitrogens with one attached hydrogen (secondary N) is 2. The van der Waals surface area contributed by atoms with Crippen molar-refractivity contribution in [1.29, 1.82) is 0 Å². The predicted molar refractivity (Wildman–Crippen MR) is 110 cm³/mol. The highest BCUT2D eigenvalue weighted by atomic mass is 35.5. The van der Waals surface area contributed by atoms with Crippen molar-refractivity contribution in [3.63, 3.8) is 0 Å². The Morgan fingerprint density at radius 2 is 1.89 bits per heavy atom. The van der Waals surface area contributed by atoms with Crippen LogP contribution in [0.4, 0.5) is 5.69 Å². The molecular formula is C19H14ClN5O2S. The van der Waals surface area contributed by atoms with Gasteiger partial charge in [-0.2, -0.15) is 5.10 Å². The number of carbonyl (C=O) groups excluding carboxylic acids is 1. The molecule has 140 valence electrons. The molecule has 0 saturated heterocycles. The fourth-order valence-electron chi connectivity index (χ4n) is 2.59. The van der Waals surface area contributed by atoms with Gasteiger partial charge in [0.05, 0.1) is 17.6 Å². The molecule has 0 unspecified atom stereocenters. The van der Waals surface area contributed by atoms with E-state index in [1.165, 1.54) is 6.20 Å². The average Bonchev–Trinajstić information content (AvgIpc) is 3.12. The summed E-state index contributed by atoms with van der Waals surface area (Å²) in [6, 6.07) is 16.2. The Labute approximate surface area is 168 Å². The lowest BCUT2D eigenvalue weighted by Gasteiger charge is -2.06. The van der Waals surface area contributed by atoms with Crippen LogP contribution in [0.3, 0.4) is 0 Å². The van der Waals surface area contributed by atoms with Gasteiger partial charge in [0.15, 0.2) is 10.8 Å². The van der Waals surface area contributed by atoms with E-state index >= 15 is 0 Å². The van der Waals surface area contributed by atoms with Crippen molar-refractivity contribution in [1.82, 2.24) is 19.7 Å². The lowest BCUT2D eigenvalue weighted by Crippen LogP contribution is -2.15. The van der Waals surface area contributed by atoms with Crippen LogP contribution in [0.15, 0.2) is 70.7 Å². The van der Waals surface area contributed by atoms with E-state index in [-0.39, 0.29) is 17.2 Å². The zero-order valence-electron chi connectivity index (χ0n) is 14.4. The van der Waals surface area contributed by atoms with Crippen molar-refractivity contribution in [3.8, 4) is 5.69 Å². The van der Waals surface area contributed by atoms with Crippen molar-refractivity contribution < 1.29 is 4.79 Å². The molecule has 0 atom stereocenters. The van der Waals surface area contributed by atoms with Gasteiger partial charge in [-0.15, -0.1) is 0 Å². The maximum absolute atomic E-state index is 12.4. The molecule has 0 radical (unpaired) electrons. The zero-order valence-corrected chi connectivity index (χ0v) is 16.0. The van der Waals surface area contributed by atoms with Gasteiger partial charge in [-0.25, -0.2) is 9.67 Å². The molecule has 0 fully saturated rings. The number of carbonyl (C=O) groups is 1. The van der Waals surface area contributed by atoms with E-state index in [4.69, 9.17) is 11.6 Å². The zero-order chi connectivity index (χ0) is 19.5. The number of thioether (sulfide) groups is 1. The smallest absolute Gasteiger partial charge is 0.262 e. The van der Waals surface area contributed by atoms with E-state index in [0.29, 0.717) is 26.9 Å². The monoisotopic (exact) mass is 411 g/mol. The second kappa shape index (κ2) is 7.87. The molecule has 2 heterocycles. The van der Waals surface area contributed by atoms with Crippen molar-refractivity contribution in [2.24, 2.45) is 0 Å². The number of H-pyrrole nitrogens is 1. The van der Waals surface area contributed by atoms with Crippen LogP contribution in [-0.2, 0) is 4.79 Å². The van der Waals surface area contributed by atoms with Crippen molar-refractivity contribution in [2.75, 3.05) is 11.1 Å². The lowest BCUT2D eigenvalue weighted by molar-refractivity contribution is -0.113. The van der Waals surface area contributed by atoms with Crippen molar-refractivity contribution >= 4 is 46.0 Å². The summed E-state index contributed by atoms with van der Waals surface area (Å²) in [4.78, 5) is 31.6. The minimum Gasteiger partial charge on any atom is -0.325 e. The summed E-state index contributed by atoms with van der Waals surface area (Å²) in [6.07, 6.45) is 1.46. The van der Waals surface area contributed by atoms with E-state index < -0.39 is 0 Å². The summed E-state index contributed by atoms with van der Waals surface area (Å²) in [6.45, 7) is 0. The molecule has 4 rings (SSSR count). The topological polar surface area (TPSA) is 92.7 Å². The molecule has 0 saturated carbocycles. The van der Waals surface area contributed by atoms with Crippen molar-refractivity contribution in [3.05, 3.63) is 76.2 Å². The van der Waals surface area contributed by atoms with Crippen LogP contribution in [0, 0.1) is 0 Å². The maximum Gasteiger partial charge on any atom is 0.262 e. The quantitative estimate of drug-likeness (QED) is 0.387. The number of hydrogen-bond acceptors (Lipinski definition) is 5. The number of aromatic nitrogens is 4. The highest BCUT2D eigenvalue weighted by Gasteiger charge is 2.13. The molecule has 0 aliphatic heterocycles. The molecule has 0 spiro atoms. The molecule has 28 heavy (non-hydrogen) atoms. The number of para-hydroxylation sites is 1. The Balaban J connectivity index is 1.56. The third kappa shape index (κ3) is 3.92. The fraction of sp³-hybridized carbons (Fsp3) is 0.0526. The first kappa shape index (κ1) is 18.3. The normalized spacial score (nSPS) is 10.9. The second-order valence-electron chi connectivity index (χ2n) is 5.84. The van der Waals surface area contributed by atoms with Gasteiger partial charge in [0.1, 0.15) is 5.39 Å². The number of aromatic amines is 1. The first-order valence-electron chi connectivity index (χ1n) is 8.32. The third-order valence-electron chi connectivity index (χ3n) is 3.89. The minimum atomic E-state index is -0.309. The van der Waals surface area contributed by atoms with Crippen LogP contribution >= 0.6 is 23.4 Å². The minimum absolute atomic E-state index is 0.110. The fourth-order valence-corrected chi connectivity index (χ4v) is 3.37. The van der Waals surface area contributed by atoms with Gasteiger partial charge in [-0.05, 0) is 36.4 Å². The molecule has 2 N–H and O–H groups in total. The molecule has 0 aliphatic rings. The summed E-state index contributed by atoms with van der Waals surface area (Å²) in [7, 11) is 0. The van der Waals surface area contributed by atoms with E-state index in [9.17, 15) is 9.59 Å². The largest absolute Gasteiger partial charge is 0.325 e. The molecular weight excluding hydrogens is 398 g/mol. The molecule has 9 heteroatoms. The average molecular weight is 412 g/mol. The Hall–Kier alpha value is -3.10. The molecule has 2 aromatic carbocycles. The summed E-state index contributed by atoms with van der Waals surface area (Å²) >= 11 is 7.07. The predicted octanol–water partition coefficient (Wildman–Crippen LogP) is 3.49. The summed E-state index contributed by atoms with van der Waals surface area (Å²) in [5.74, 6) is -0.0801. The SMILES string of the molecule is O=C(CSc1nc2c(cnn2-c2ccc(Cl)cc2)c(=O)[nH]1)Nc1ccccc1. The van der Waals surface area contributed by atoms with E-state index in [1.807, 2.05) is 18.2 Å². The van der Waals surface area contributed by atoms with Gasteiger partial charge < -0.3 is 10.3 Å². The molecule has 2 aromatic heterocycles. The lowest BCUT2D eigenvalue weighted by atomic mass is 10.3. The van der Waals surface area contributed by atoms with E-state index in [0.717, 1.165) is 17.4 Å². The first-order chi connectivity index (χ1) is 13.6. The van der Waals surface area contributed by atoms with Gasteiger partial charge in [0.2, 0.25) is 5.91 Å². The number of anilines is 1. The van der Waals surface area contributed by atoms with E-state index in [2.05, 4.69) is 20.4 Å². The molecule has 4 aromatic rings. The Morgan fingerprint density at radius 3 is 2.64 bits per heavy atom. The first-order valence-corrected chi connectivity index (χ1v) is 9.68. The standard InChI is InChI=1S/C19H14ClN5O2S/c20-12-6-8-14(9-7-12)25-17-15(10-21-25)18(27)24-19(23-17)28-11-16(26)22-13-4-2-1-3-5-13/h1-10H,11H2,(H,22,26)(H,23,24,27). The van der Waals surface area contributed by atoms with Crippen LogP contribution in [0.2, 0.25) is 5.02 Å². The molecule has 7 nitrogen and oxygen atoms in total. The van der Waals surface area contributed by atoms with E-state index in [1.54, 1.807) is 41.1 Å². The number of fused-ring (bicyclic) bond motifs is 1. The number of rotatable bonds is 5. The molecule has 1 amide bonds. The van der Waals surface area contributed by atoms with Crippen LogP contribution in [0.5, 0.6) is 0 Å². The summed E-state index contributed by atoms with van der Waals surface area (Å²) in [5, 5.41) is 8.36. The molecule has 0 aliphatic carbocycles. The number of halogens is 1. The number of benzene rings is 2. The van der Waals surface area contributed by atoms with Crippen LogP contribution in [0.1, 0.15) is 0 Å². The number of hydrogen-bond donors (Lipinski definition) is 2. The van der Waals surface area contributed by atoms with Gasteiger partial charge in [-0.3, -0.25) is 9.59 Å². The molecule has 0 bridgehead atoms. The highest BCUT2D eigenvalue weighted by molar-refractivity contribution is 7.99. The third-order valence-corrected chi connectivity index (χ3v) is 5.01. The summed E-state index contributed by atoms with van der Waals surface area (Å²) < 4.78 is 1.56.